The van der Waals surface area contributed by atoms with E-state index in [9.17, 15) is 8.42 Å². The molecule has 2 N–H and O–H groups in total. The number of aliphatic imine (C=N–C) groups is 1. The molecule has 146 valence electrons. The Kier molecular flexibility index (Phi) is 9.75. The monoisotopic (exact) mass is 382 g/mol. The predicted molar refractivity (Wildman–Crippen MR) is 107 cm³/mol. The van der Waals surface area contributed by atoms with E-state index in [1.54, 1.807) is 13.1 Å². The molecule has 0 unspecified atom stereocenters. The molecule has 0 aliphatic heterocycles. The number of ether oxygens (including phenoxy) is 1. The molecule has 0 atom stereocenters. The van der Waals surface area contributed by atoms with Crippen LogP contribution in [0, 0.1) is 0 Å². The number of sulfonamides is 1. The van der Waals surface area contributed by atoms with E-state index in [2.05, 4.69) is 22.2 Å². The van der Waals surface area contributed by atoms with Crippen LogP contribution in [-0.4, -0.2) is 58.2 Å². The Morgan fingerprint density at radius 2 is 2.08 bits per heavy atom. The maximum Gasteiger partial charge on any atom is 0.211 e. The van der Waals surface area contributed by atoms with Crippen molar-refractivity contribution >= 4 is 16.0 Å². The third kappa shape index (κ3) is 7.88. The lowest BCUT2D eigenvalue weighted by Gasteiger charge is -2.18. The summed E-state index contributed by atoms with van der Waals surface area (Å²) in [6.45, 7) is 8.10. The maximum atomic E-state index is 11.6. The summed E-state index contributed by atoms with van der Waals surface area (Å²) in [7, 11) is -1.44. The van der Waals surface area contributed by atoms with Crippen molar-refractivity contribution in [1.82, 2.24) is 14.9 Å². The standard InChI is InChI=1S/C18H30N4O3S/c1-5-14-25-17-11-8-7-10-16(17)15-21-18(19-3)20-12-9-13-22(6-2)26(4,23)24/h5,7-8,10-11H,1,6,9,12-15H2,2-4H3,(H2,19,20,21). The molecule has 0 bridgehead atoms. The number of para-hydroxylation sites is 1. The predicted octanol–water partition coefficient (Wildman–Crippen LogP) is 1.59. The number of nitrogens with zero attached hydrogens (tertiary/aromatic N) is 2. The van der Waals surface area contributed by atoms with Gasteiger partial charge in [-0.3, -0.25) is 4.99 Å². The molecule has 1 aromatic rings. The summed E-state index contributed by atoms with van der Waals surface area (Å²) >= 11 is 0. The highest BCUT2D eigenvalue weighted by molar-refractivity contribution is 7.88. The van der Waals surface area contributed by atoms with Gasteiger partial charge < -0.3 is 15.4 Å². The third-order valence-electron chi connectivity index (χ3n) is 3.70. The van der Waals surface area contributed by atoms with Crippen LogP contribution in [0.4, 0.5) is 0 Å². The molecule has 0 saturated carbocycles. The van der Waals surface area contributed by atoms with Crippen molar-refractivity contribution in [3.63, 3.8) is 0 Å². The van der Waals surface area contributed by atoms with Gasteiger partial charge in [0, 0.05) is 38.8 Å². The number of nitrogens with one attached hydrogen (secondary N) is 2. The van der Waals surface area contributed by atoms with Crippen LogP contribution in [-0.2, 0) is 16.6 Å². The largest absolute Gasteiger partial charge is 0.489 e. The average molecular weight is 383 g/mol. The van der Waals surface area contributed by atoms with E-state index in [1.807, 2.05) is 31.2 Å². The van der Waals surface area contributed by atoms with Crippen molar-refractivity contribution in [2.45, 2.75) is 19.9 Å². The maximum absolute atomic E-state index is 11.6. The van der Waals surface area contributed by atoms with Crippen molar-refractivity contribution < 1.29 is 13.2 Å². The Balaban J connectivity index is 2.46. The minimum absolute atomic E-state index is 0.457. The Morgan fingerprint density at radius 1 is 1.35 bits per heavy atom. The van der Waals surface area contributed by atoms with Gasteiger partial charge in [-0.15, -0.1) is 0 Å². The van der Waals surface area contributed by atoms with E-state index in [1.165, 1.54) is 10.6 Å². The minimum atomic E-state index is -3.14. The molecule has 0 aliphatic rings. The number of hydrogen-bond acceptors (Lipinski definition) is 4. The van der Waals surface area contributed by atoms with Gasteiger partial charge in [0.15, 0.2) is 5.96 Å². The molecule has 0 spiro atoms. The smallest absolute Gasteiger partial charge is 0.211 e. The zero-order valence-electron chi connectivity index (χ0n) is 15.9. The molecule has 7 nitrogen and oxygen atoms in total. The fourth-order valence-corrected chi connectivity index (χ4v) is 3.29. The second-order valence-corrected chi connectivity index (χ2v) is 7.65. The van der Waals surface area contributed by atoms with Gasteiger partial charge in [-0.05, 0) is 12.5 Å². The number of hydrogen-bond donors (Lipinski definition) is 2. The first-order valence-electron chi connectivity index (χ1n) is 8.63. The summed E-state index contributed by atoms with van der Waals surface area (Å²) in [4.78, 5) is 4.19. The van der Waals surface area contributed by atoms with Crippen molar-refractivity contribution in [2.75, 3.05) is 39.5 Å². The molecule has 0 fully saturated rings. The first-order valence-corrected chi connectivity index (χ1v) is 10.5. The number of rotatable bonds is 11. The van der Waals surface area contributed by atoms with Gasteiger partial charge in [-0.2, -0.15) is 0 Å². The summed E-state index contributed by atoms with van der Waals surface area (Å²) in [5, 5.41) is 6.43. The fraction of sp³-hybridized carbons (Fsp3) is 0.500. The Hall–Kier alpha value is -2.06. The first-order chi connectivity index (χ1) is 12.4. The second kappa shape index (κ2) is 11.5. The van der Waals surface area contributed by atoms with E-state index in [0.717, 1.165) is 11.3 Å². The molecule has 0 saturated heterocycles. The van der Waals surface area contributed by atoms with E-state index < -0.39 is 10.0 Å². The van der Waals surface area contributed by atoms with E-state index in [0.29, 0.717) is 45.2 Å². The highest BCUT2D eigenvalue weighted by Gasteiger charge is 2.13. The third-order valence-corrected chi connectivity index (χ3v) is 5.08. The van der Waals surface area contributed by atoms with Gasteiger partial charge in [-0.25, -0.2) is 12.7 Å². The Bertz CT molecular complexity index is 689. The zero-order chi connectivity index (χ0) is 19.4. The van der Waals surface area contributed by atoms with Crippen LogP contribution in [0.15, 0.2) is 41.9 Å². The number of benzene rings is 1. The molecule has 0 amide bonds. The Labute approximate surface area is 157 Å². The van der Waals surface area contributed by atoms with E-state index in [-0.39, 0.29) is 0 Å². The molecule has 1 aromatic carbocycles. The summed E-state index contributed by atoms with van der Waals surface area (Å²) < 4.78 is 30.2. The van der Waals surface area contributed by atoms with Gasteiger partial charge in [0.25, 0.3) is 0 Å². The van der Waals surface area contributed by atoms with Crippen LogP contribution < -0.4 is 15.4 Å². The van der Waals surface area contributed by atoms with Crippen molar-refractivity contribution in [1.29, 1.82) is 0 Å². The molecule has 26 heavy (non-hydrogen) atoms. The topological polar surface area (TPSA) is 83.0 Å². The van der Waals surface area contributed by atoms with E-state index in [4.69, 9.17) is 4.74 Å². The second-order valence-electron chi connectivity index (χ2n) is 5.67. The molecular formula is C18H30N4O3S. The van der Waals surface area contributed by atoms with Gasteiger partial charge in [0.05, 0.1) is 6.26 Å². The normalized spacial score (nSPS) is 12.1. The molecule has 1 rings (SSSR count). The van der Waals surface area contributed by atoms with Gasteiger partial charge in [-0.1, -0.05) is 37.8 Å². The molecule has 0 heterocycles. The van der Waals surface area contributed by atoms with Crippen LogP contribution in [0.25, 0.3) is 0 Å². The van der Waals surface area contributed by atoms with Crippen LogP contribution in [0.5, 0.6) is 5.75 Å². The molecule has 0 aliphatic carbocycles. The zero-order valence-corrected chi connectivity index (χ0v) is 16.7. The minimum Gasteiger partial charge on any atom is -0.489 e. The lowest BCUT2D eigenvalue weighted by molar-refractivity contribution is 0.358. The number of guanidine groups is 1. The lowest BCUT2D eigenvalue weighted by atomic mass is 10.2. The van der Waals surface area contributed by atoms with Crippen LogP contribution in [0.1, 0.15) is 18.9 Å². The summed E-state index contributed by atoms with van der Waals surface area (Å²) in [6, 6.07) is 7.79. The molecule has 0 radical (unpaired) electrons. The lowest BCUT2D eigenvalue weighted by Crippen LogP contribution is -2.39. The summed E-state index contributed by atoms with van der Waals surface area (Å²) in [6.07, 6.45) is 3.64. The van der Waals surface area contributed by atoms with Crippen LogP contribution in [0.3, 0.4) is 0 Å². The SMILES string of the molecule is C=CCOc1ccccc1CNC(=NC)NCCCN(CC)S(C)(=O)=O. The van der Waals surface area contributed by atoms with Crippen LogP contribution in [0.2, 0.25) is 0 Å². The fourth-order valence-electron chi connectivity index (χ4n) is 2.36. The van der Waals surface area contributed by atoms with Crippen molar-refractivity contribution in [3.05, 3.63) is 42.5 Å². The summed E-state index contributed by atoms with van der Waals surface area (Å²) in [5.41, 5.74) is 1.02. The highest BCUT2D eigenvalue weighted by atomic mass is 32.2. The van der Waals surface area contributed by atoms with Crippen LogP contribution >= 0.6 is 0 Å². The van der Waals surface area contributed by atoms with E-state index >= 15 is 0 Å². The molecule has 0 aromatic heterocycles. The molecular weight excluding hydrogens is 352 g/mol. The quantitative estimate of drug-likeness (QED) is 0.263. The molecule has 8 heteroatoms. The van der Waals surface area contributed by atoms with Gasteiger partial charge in [0.2, 0.25) is 10.0 Å². The van der Waals surface area contributed by atoms with Crippen molar-refractivity contribution in [3.8, 4) is 5.75 Å². The average Bonchev–Trinajstić information content (AvgIpc) is 2.62. The Morgan fingerprint density at radius 3 is 2.69 bits per heavy atom. The highest BCUT2D eigenvalue weighted by Crippen LogP contribution is 2.17. The first kappa shape index (κ1) is 22.0. The van der Waals surface area contributed by atoms with Gasteiger partial charge in [0.1, 0.15) is 12.4 Å². The van der Waals surface area contributed by atoms with Crippen molar-refractivity contribution in [2.24, 2.45) is 4.99 Å². The summed E-state index contributed by atoms with van der Waals surface area (Å²) in [5.74, 6) is 1.47. The van der Waals surface area contributed by atoms with Gasteiger partial charge >= 0.3 is 0 Å².